The molecule has 0 aromatic heterocycles. The topological polar surface area (TPSA) is 12.0 Å². The Morgan fingerprint density at radius 2 is 2.30 bits per heavy atom. The average molecular weight is 137 g/mol. The molecule has 1 N–H and O–H groups in total. The number of nitrogens with one attached hydrogen (secondary N) is 1. The minimum Gasteiger partial charge on any atom is -0.388 e. The molecule has 0 aliphatic heterocycles. The van der Waals surface area contributed by atoms with Crippen LogP contribution in [-0.4, -0.2) is 7.05 Å². The maximum absolute atomic E-state index is 3.18. The van der Waals surface area contributed by atoms with Crippen molar-refractivity contribution >= 4 is 0 Å². The van der Waals surface area contributed by atoms with Crippen LogP contribution in [0.15, 0.2) is 23.4 Å². The van der Waals surface area contributed by atoms with Crippen molar-refractivity contribution in [1.29, 1.82) is 0 Å². The molecule has 0 radical (unpaired) electrons. The van der Waals surface area contributed by atoms with Crippen molar-refractivity contribution in [3.8, 4) is 0 Å². The third kappa shape index (κ3) is 1.41. The van der Waals surface area contributed by atoms with Gasteiger partial charge in [0.25, 0.3) is 0 Å². The summed E-state index contributed by atoms with van der Waals surface area (Å²) < 4.78 is 0. The van der Waals surface area contributed by atoms with Crippen LogP contribution < -0.4 is 5.32 Å². The molecule has 56 valence electrons. The molecule has 1 rings (SSSR count). The van der Waals surface area contributed by atoms with Gasteiger partial charge in [-0.05, 0) is 24.8 Å². The first-order valence-electron chi connectivity index (χ1n) is 3.80. The van der Waals surface area contributed by atoms with Gasteiger partial charge < -0.3 is 5.32 Å². The lowest BCUT2D eigenvalue weighted by molar-refractivity contribution is 0.708. The molecule has 1 heteroatoms. The van der Waals surface area contributed by atoms with Crippen LogP contribution in [0.5, 0.6) is 0 Å². The molecule has 1 atom stereocenters. The fraction of sp³-hybridized carbons (Fsp3) is 0.556. The molecular weight excluding hydrogens is 122 g/mol. The monoisotopic (exact) mass is 137 g/mol. The second-order valence-corrected chi connectivity index (χ2v) is 2.93. The van der Waals surface area contributed by atoms with Crippen LogP contribution in [-0.2, 0) is 0 Å². The van der Waals surface area contributed by atoms with Crippen molar-refractivity contribution in [2.45, 2.75) is 20.3 Å². The molecule has 0 aromatic rings. The summed E-state index contributed by atoms with van der Waals surface area (Å²) in [6.07, 6.45) is 5.77. The van der Waals surface area contributed by atoms with E-state index in [-0.39, 0.29) is 0 Å². The number of hydrogen-bond donors (Lipinski definition) is 1. The van der Waals surface area contributed by atoms with Crippen LogP contribution in [0.2, 0.25) is 0 Å². The highest BCUT2D eigenvalue weighted by atomic mass is 14.8. The van der Waals surface area contributed by atoms with Crippen LogP contribution >= 0.6 is 0 Å². The second-order valence-electron chi connectivity index (χ2n) is 2.93. The van der Waals surface area contributed by atoms with E-state index in [2.05, 4.69) is 31.3 Å². The zero-order valence-corrected chi connectivity index (χ0v) is 6.94. The molecule has 1 aliphatic rings. The highest BCUT2D eigenvalue weighted by Crippen LogP contribution is 2.19. The Morgan fingerprint density at radius 3 is 2.80 bits per heavy atom. The maximum Gasteiger partial charge on any atom is 0.0326 e. The Bertz CT molecular complexity index is 177. The highest BCUT2D eigenvalue weighted by Gasteiger charge is 2.06. The molecule has 0 spiro atoms. The predicted molar refractivity (Wildman–Crippen MR) is 44.7 cm³/mol. The molecule has 0 heterocycles. The number of rotatable bonds is 1. The van der Waals surface area contributed by atoms with E-state index in [1.54, 1.807) is 0 Å². The Labute approximate surface area is 62.8 Å². The first-order valence-corrected chi connectivity index (χ1v) is 3.80. The normalized spacial score (nSPS) is 25.3. The van der Waals surface area contributed by atoms with Gasteiger partial charge in [-0.25, -0.2) is 0 Å². The number of hydrogen-bond acceptors (Lipinski definition) is 1. The summed E-state index contributed by atoms with van der Waals surface area (Å²) in [7, 11) is 1.97. The summed E-state index contributed by atoms with van der Waals surface area (Å²) in [6.45, 7) is 4.38. The van der Waals surface area contributed by atoms with Gasteiger partial charge in [-0.2, -0.15) is 0 Å². The van der Waals surface area contributed by atoms with Gasteiger partial charge in [0, 0.05) is 12.7 Å². The van der Waals surface area contributed by atoms with Crippen molar-refractivity contribution in [1.82, 2.24) is 5.32 Å². The molecule has 0 saturated heterocycles. The van der Waals surface area contributed by atoms with Crippen molar-refractivity contribution < 1.29 is 0 Å². The fourth-order valence-corrected chi connectivity index (χ4v) is 1.24. The average Bonchev–Trinajstić information content (AvgIpc) is 1.94. The zero-order chi connectivity index (χ0) is 7.56. The van der Waals surface area contributed by atoms with E-state index in [1.165, 1.54) is 17.7 Å². The highest BCUT2D eigenvalue weighted by molar-refractivity contribution is 5.30. The van der Waals surface area contributed by atoms with Gasteiger partial charge in [0.15, 0.2) is 0 Å². The second kappa shape index (κ2) is 2.91. The zero-order valence-electron chi connectivity index (χ0n) is 6.94. The van der Waals surface area contributed by atoms with Gasteiger partial charge in [-0.15, -0.1) is 0 Å². The Hall–Kier alpha value is -0.720. The minimum absolute atomic E-state index is 0.700. The maximum atomic E-state index is 3.18. The molecule has 0 aromatic carbocycles. The van der Waals surface area contributed by atoms with E-state index in [0.717, 1.165) is 0 Å². The summed E-state index contributed by atoms with van der Waals surface area (Å²) in [5.41, 5.74) is 2.67. The molecular formula is C9H15N. The van der Waals surface area contributed by atoms with Crippen LogP contribution in [0.4, 0.5) is 0 Å². The number of allylic oxidation sites excluding steroid dienone is 3. The summed E-state index contributed by atoms with van der Waals surface area (Å²) >= 11 is 0. The van der Waals surface area contributed by atoms with Gasteiger partial charge >= 0.3 is 0 Å². The first-order chi connectivity index (χ1) is 4.74. The lowest BCUT2D eigenvalue weighted by Crippen LogP contribution is -2.11. The molecule has 0 bridgehead atoms. The molecule has 1 unspecified atom stereocenters. The third-order valence-electron chi connectivity index (χ3n) is 1.94. The van der Waals surface area contributed by atoms with E-state index in [9.17, 15) is 0 Å². The fourth-order valence-electron chi connectivity index (χ4n) is 1.24. The summed E-state index contributed by atoms with van der Waals surface area (Å²) in [6, 6.07) is 0. The largest absolute Gasteiger partial charge is 0.388 e. The Morgan fingerprint density at radius 1 is 1.60 bits per heavy atom. The van der Waals surface area contributed by atoms with Gasteiger partial charge in [0.2, 0.25) is 0 Å². The van der Waals surface area contributed by atoms with Crippen molar-refractivity contribution in [2.24, 2.45) is 5.92 Å². The van der Waals surface area contributed by atoms with Crippen LogP contribution in [0.25, 0.3) is 0 Å². The molecule has 1 aliphatic carbocycles. The number of likely N-dealkylation sites (N-methyl/N-ethyl adjacent to an activating group) is 1. The van der Waals surface area contributed by atoms with Crippen molar-refractivity contribution in [3.05, 3.63) is 23.4 Å². The van der Waals surface area contributed by atoms with Crippen LogP contribution in [0.3, 0.4) is 0 Å². The first kappa shape index (κ1) is 7.39. The molecule has 0 saturated carbocycles. The smallest absolute Gasteiger partial charge is 0.0326 e. The van der Waals surface area contributed by atoms with E-state index in [1.807, 2.05) is 7.05 Å². The Balaban J connectivity index is 2.74. The van der Waals surface area contributed by atoms with Crippen molar-refractivity contribution in [3.63, 3.8) is 0 Å². The van der Waals surface area contributed by atoms with Gasteiger partial charge in [0.05, 0.1) is 0 Å². The lowest BCUT2D eigenvalue weighted by atomic mass is 9.97. The molecule has 1 nitrogen and oxygen atoms in total. The van der Waals surface area contributed by atoms with Gasteiger partial charge in [-0.1, -0.05) is 19.1 Å². The van der Waals surface area contributed by atoms with E-state index < -0.39 is 0 Å². The standard InChI is InChI=1S/C9H15N/c1-7-4-5-8(2)9(6-7)10-3/h5-7,10H,4H2,1-3H3. The molecule has 10 heavy (non-hydrogen) atoms. The Kier molecular flexibility index (Phi) is 2.15. The predicted octanol–water partition coefficient (Wildman–Crippen LogP) is 2.08. The molecule has 0 amide bonds. The van der Waals surface area contributed by atoms with Gasteiger partial charge in [0.1, 0.15) is 0 Å². The van der Waals surface area contributed by atoms with E-state index in [4.69, 9.17) is 0 Å². The van der Waals surface area contributed by atoms with E-state index >= 15 is 0 Å². The third-order valence-corrected chi connectivity index (χ3v) is 1.94. The minimum atomic E-state index is 0.700. The lowest BCUT2D eigenvalue weighted by Gasteiger charge is -2.16. The quantitative estimate of drug-likeness (QED) is 0.583. The summed E-state index contributed by atoms with van der Waals surface area (Å²) in [5.74, 6) is 0.700. The summed E-state index contributed by atoms with van der Waals surface area (Å²) in [4.78, 5) is 0. The van der Waals surface area contributed by atoms with Gasteiger partial charge in [-0.3, -0.25) is 0 Å². The van der Waals surface area contributed by atoms with Crippen molar-refractivity contribution in [2.75, 3.05) is 7.05 Å². The summed E-state index contributed by atoms with van der Waals surface area (Å²) in [5, 5.41) is 3.18. The molecule has 0 fully saturated rings. The van der Waals surface area contributed by atoms with E-state index in [0.29, 0.717) is 5.92 Å². The van der Waals surface area contributed by atoms with Crippen LogP contribution in [0, 0.1) is 5.92 Å². The SMILES string of the molecule is CNC1=CC(C)CC=C1C. The van der Waals surface area contributed by atoms with Crippen LogP contribution in [0.1, 0.15) is 20.3 Å².